The van der Waals surface area contributed by atoms with E-state index in [1.54, 1.807) is 42.5 Å². The van der Waals surface area contributed by atoms with E-state index in [1.165, 1.54) is 0 Å². The summed E-state index contributed by atoms with van der Waals surface area (Å²) in [5, 5.41) is 22.9. The van der Waals surface area contributed by atoms with Crippen LogP contribution in [0.1, 0.15) is 47.2 Å². The molecule has 9 heteroatoms. The van der Waals surface area contributed by atoms with Crippen molar-refractivity contribution < 1.29 is 54.1 Å². The molecule has 1 aliphatic rings. The number of fused-ring (bicyclic) bond motifs is 1. The van der Waals surface area contributed by atoms with Gasteiger partial charge in [-0.3, -0.25) is 4.79 Å². The summed E-state index contributed by atoms with van der Waals surface area (Å²) in [6, 6.07) is 21.3. The summed E-state index contributed by atoms with van der Waals surface area (Å²) >= 11 is 1.03. The first-order chi connectivity index (χ1) is 18.0. The topological polar surface area (TPSA) is 112 Å². The predicted octanol–water partition coefficient (Wildman–Crippen LogP) is 1.21. The molecule has 38 heavy (non-hydrogen) atoms. The van der Waals surface area contributed by atoms with Crippen molar-refractivity contribution in [3.8, 4) is 5.75 Å². The third-order valence-electron chi connectivity index (χ3n) is 6.77. The standard InChI is InChI=1S/C29H26N2O5S.Na/c32-26-8-4-7-20(26)15-23(27(29(34)35)21-11-14-24-25(16-21)31-37-30-24)28(33)19-9-12-22(13-10-19)36-17-18-5-2-1-3-6-18;/h1-3,5-6,9-14,16,20,26,32H,4,7-8,15,17H2,(H,34,35);/q;+1/p-1. The number of hydrogen-bond acceptors (Lipinski definition) is 8. The molecule has 7 nitrogen and oxygen atoms in total. The predicted molar refractivity (Wildman–Crippen MR) is 139 cm³/mol. The van der Waals surface area contributed by atoms with Crippen LogP contribution in [0.2, 0.25) is 0 Å². The van der Waals surface area contributed by atoms with Gasteiger partial charge in [-0.15, -0.1) is 0 Å². The van der Waals surface area contributed by atoms with Crippen LogP contribution in [0.25, 0.3) is 16.6 Å². The first-order valence-corrected chi connectivity index (χ1v) is 12.9. The summed E-state index contributed by atoms with van der Waals surface area (Å²) < 4.78 is 14.2. The van der Waals surface area contributed by atoms with Crippen molar-refractivity contribution in [3.05, 3.63) is 95.1 Å². The van der Waals surface area contributed by atoms with Gasteiger partial charge in [0.05, 0.1) is 23.8 Å². The zero-order chi connectivity index (χ0) is 25.8. The van der Waals surface area contributed by atoms with Gasteiger partial charge in [-0.05, 0) is 72.7 Å². The van der Waals surface area contributed by atoms with Crippen LogP contribution in [0.4, 0.5) is 0 Å². The Kier molecular flexibility index (Phi) is 9.46. The fraction of sp³-hybridized carbons (Fsp3) is 0.241. The Morgan fingerprint density at radius 3 is 2.34 bits per heavy atom. The van der Waals surface area contributed by atoms with Crippen LogP contribution >= 0.6 is 11.7 Å². The van der Waals surface area contributed by atoms with Gasteiger partial charge in [0, 0.05) is 16.7 Å². The molecule has 0 aliphatic heterocycles. The third-order valence-corrected chi connectivity index (χ3v) is 7.33. The number of aliphatic hydroxyl groups is 1. The number of carboxylic acids is 1. The van der Waals surface area contributed by atoms with E-state index in [2.05, 4.69) is 8.75 Å². The molecule has 0 amide bonds. The van der Waals surface area contributed by atoms with Crippen LogP contribution in [0, 0.1) is 5.92 Å². The SMILES string of the molecule is O=C([O-])C(=C(CC1CCCC1O)C(=O)c1ccc(OCc2ccccc2)cc1)c1ccc2nsnc2c1.[Na+]. The molecule has 2 unspecified atom stereocenters. The number of aliphatic carboxylic acids is 1. The molecule has 2 atom stereocenters. The van der Waals surface area contributed by atoms with Crippen molar-refractivity contribution in [1.29, 1.82) is 0 Å². The molecule has 5 rings (SSSR count). The van der Waals surface area contributed by atoms with Crippen LogP contribution in [0.3, 0.4) is 0 Å². The number of ether oxygens (including phenoxy) is 1. The summed E-state index contributed by atoms with van der Waals surface area (Å²) in [4.78, 5) is 26.2. The van der Waals surface area contributed by atoms with E-state index in [4.69, 9.17) is 4.74 Å². The van der Waals surface area contributed by atoms with Gasteiger partial charge in [-0.2, -0.15) is 8.75 Å². The summed E-state index contributed by atoms with van der Waals surface area (Å²) in [5.41, 5.74) is 2.83. The van der Waals surface area contributed by atoms with E-state index in [1.807, 2.05) is 30.3 Å². The molecule has 1 fully saturated rings. The van der Waals surface area contributed by atoms with Gasteiger partial charge in [0.25, 0.3) is 0 Å². The molecule has 0 bridgehead atoms. The molecule has 1 saturated carbocycles. The smallest absolute Gasteiger partial charge is 0.545 e. The number of aromatic nitrogens is 2. The Morgan fingerprint density at radius 1 is 0.947 bits per heavy atom. The zero-order valence-electron chi connectivity index (χ0n) is 21.0. The Morgan fingerprint density at radius 2 is 1.66 bits per heavy atom. The van der Waals surface area contributed by atoms with Gasteiger partial charge in [0.1, 0.15) is 23.4 Å². The number of carboxylic acid groups (broad SMARTS) is 1. The summed E-state index contributed by atoms with van der Waals surface area (Å²) in [5.74, 6) is -1.46. The first kappa shape index (κ1) is 28.1. The van der Waals surface area contributed by atoms with Crippen LogP contribution < -0.4 is 39.4 Å². The molecular formula is C29H25N2NaO5S. The first-order valence-electron chi connectivity index (χ1n) is 12.2. The van der Waals surface area contributed by atoms with E-state index in [-0.39, 0.29) is 53.0 Å². The Labute approximate surface area is 246 Å². The van der Waals surface area contributed by atoms with Gasteiger partial charge >= 0.3 is 29.6 Å². The largest absolute Gasteiger partial charge is 1.00 e. The molecule has 1 aliphatic carbocycles. The number of hydrogen-bond donors (Lipinski definition) is 1. The number of Topliss-reactive ketones (excluding diaryl/α,β-unsaturated/α-hetero) is 1. The van der Waals surface area contributed by atoms with Crippen molar-refractivity contribution >= 4 is 40.1 Å². The zero-order valence-corrected chi connectivity index (χ0v) is 23.8. The van der Waals surface area contributed by atoms with Crippen molar-refractivity contribution in [3.63, 3.8) is 0 Å². The Bertz CT molecular complexity index is 1450. The van der Waals surface area contributed by atoms with Gasteiger partial charge in [-0.25, -0.2) is 0 Å². The van der Waals surface area contributed by atoms with Crippen molar-refractivity contribution in [2.24, 2.45) is 5.92 Å². The molecule has 0 spiro atoms. The van der Waals surface area contributed by atoms with E-state index in [9.17, 15) is 19.8 Å². The van der Waals surface area contributed by atoms with Gasteiger partial charge in [-0.1, -0.05) is 42.8 Å². The minimum absolute atomic E-state index is 0. The molecule has 0 radical (unpaired) electrons. The second-order valence-electron chi connectivity index (χ2n) is 9.20. The van der Waals surface area contributed by atoms with Crippen LogP contribution in [-0.2, 0) is 11.4 Å². The van der Waals surface area contributed by atoms with Crippen molar-refractivity contribution in [2.45, 2.75) is 38.4 Å². The number of benzene rings is 3. The molecule has 4 aromatic rings. The fourth-order valence-corrected chi connectivity index (χ4v) is 5.31. The van der Waals surface area contributed by atoms with Crippen molar-refractivity contribution in [2.75, 3.05) is 0 Å². The average molecular weight is 537 g/mol. The molecule has 1 N–H and O–H groups in total. The normalized spacial score (nSPS) is 17.5. The molecule has 3 aromatic carbocycles. The molecule has 1 aromatic heterocycles. The van der Waals surface area contributed by atoms with Crippen LogP contribution in [0.15, 0.2) is 78.4 Å². The number of allylic oxidation sites excluding steroid dienone is 1. The van der Waals surface area contributed by atoms with E-state index in [0.717, 1.165) is 30.1 Å². The van der Waals surface area contributed by atoms with Gasteiger partial charge in [0.15, 0.2) is 5.78 Å². The number of ketones is 1. The van der Waals surface area contributed by atoms with E-state index >= 15 is 0 Å². The van der Waals surface area contributed by atoms with Crippen molar-refractivity contribution in [1.82, 2.24) is 8.75 Å². The number of carbonyl (C=O) groups is 2. The van der Waals surface area contributed by atoms with Gasteiger partial charge in [0.2, 0.25) is 0 Å². The summed E-state index contributed by atoms with van der Waals surface area (Å²) in [6.45, 7) is 0.391. The number of aliphatic hydroxyl groups excluding tert-OH is 1. The van der Waals surface area contributed by atoms with E-state index in [0.29, 0.717) is 40.9 Å². The molecule has 188 valence electrons. The van der Waals surface area contributed by atoms with Crippen LogP contribution in [0.5, 0.6) is 5.75 Å². The maximum Gasteiger partial charge on any atom is 1.00 e. The molecule has 0 saturated heterocycles. The molecular weight excluding hydrogens is 511 g/mol. The second kappa shape index (κ2) is 12.8. The molecule has 1 heterocycles. The summed E-state index contributed by atoms with van der Waals surface area (Å²) in [7, 11) is 0. The maximum absolute atomic E-state index is 13.8. The quantitative estimate of drug-likeness (QED) is 0.194. The minimum Gasteiger partial charge on any atom is -0.545 e. The average Bonchev–Trinajstić information content (AvgIpc) is 3.55. The number of carbonyl (C=O) groups excluding carboxylic acids is 2. The Balaban J connectivity index is 0.00000336. The number of rotatable bonds is 9. The Hall–Kier alpha value is -2.88. The summed E-state index contributed by atoms with van der Waals surface area (Å²) in [6.07, 6.45) is 1.75. The monoisotopic (exact) mass is 536 g/mol. The van der Waals surface area contributed by atoms with E-state index < -0.39 is 17.9 Å². The van der Waals surface area contributed by atoms with Gasteiger partial charge < -0.3 is 19.7 Å². The minimum atomic E-state index is -1.44. The number of nitrogens with zero attached hydrogens (tertiary/aromatic N) is 2. The second-order valence-corrected chi connectivity index (χ2v) is 9.73. The third kappa shape index (κ3) is 6.39. The van der Waals surface area contributed by atoms with Crippen LogP contribution in [-0.4, -0.2) is 31.7 Å². The maximum atomic E-state index is 13.8. The fourth-order valence-electron chi connectivity index (χ4n) is 4.80.